The molecule has 284 valence electrons. The molecule has 2 N–H and O–H groups in total. The van der Waals surface area contributed by atoms with Crippen molar-refractivity contribution in [3.05, 3.63) is 87.9 Å². The fourth-order valence-electron chi connectivity index (χ4n) is 9.64. The molecule has 0 radical (unpaired) electrons. The van der Waals surface area contributed by atoms with Gasteiger partial charge in [-0.25, -0.2) is 9.83 Å². The first-order valence-electron chi connectivity index (χ1n) is 18.6. The predicted octanol–water partition coefficient (Wildman–Crippen LogP) is 5.41. The molecule has 5 aliphatic rings. The van der Waals surface area contributed by atoms with E-state index >= 15 is 0 Å². The molecule has 1 atom stereocenters. The van der Waals surface area contributed by atoms with Crippen molar-refractivity contribution < 1.29 is 28.7 Å². The highest BCUT2D eigenvalue weighted by atomic mass is 35.5. The maximum absolute atomic E-state index is 13.5. The highest BCUT2D eigenvalue weighted by Crippen LogP contribution is 2.56. The third kappa shape index (κ3) is 6.07. The van der Waals surface area contributed by atoms with Crippen LogP contribution in [0.15, 0.2) is 54.7 Å². The Morgan fingerprint density at radius 3 is 2.29 bits per heavy atom. The minimum atomic E-state index is -0.987. The zero-order valence-electron chi connectivity index (χ0n) is 31.1. The largest absolute Gasteiger partial charge is 0.489 e. The molecule has 1 unspecified atom stereocenters. The zero-order valence-corrected chi connectivity index (χ0v) is 31.9. The molecule has 5 amide bonds. The Morgan fingerprint density at radius 2 is 1.65 bits per heavy atom. The number of pyridine rings is 1. The molecule has 4 fully saturated rings. The van der Waals surface area contributed by atoms with Crippen LogP contribution >= 0.6 is 11.6 Å². The second-order valence-electron chi connectivity index (χ2n) is 16.7. The van der Waals surface area contributed by atoms with E-state index in [0.717, 1.165) is 55.4 Å². The van der Waals surface area contributed by atoms with Crippen LogP contribution in [0.3, 0.4) is 0 Å². The fourth-order valence-corrected chi connectivity index (χ4v) is 9.85. The average Bonchev–Trinajstić information content (AvgIpc) is 3.39. The molecule has 1 saturated carbocycles. The van der Waals surface area contributed by atoms with Crippen LogP contribution in [0.1, 0.15) is 84.5 Å². The number of carbonyl (C=O) groups is 5. The molecule has 13 nitrogen and oxygen atoms in total. The number of anilines is 2. The highest BCUT2D eigenvalue weighted by Gasteiger charge is 2.64. The fraction of sp³-hybridized carbons (Fsp3) is 0.439. The number of benzene rings is 2. The number of ether oxygens (including phenoxy) is 1. The number of piperidine rings is 2. The summed E-state index contributed by atoms with van der Waals surface area (Å²) in [6.07, 6.45) is 3.56. The van der Waals surface area contributed by atoms with Gasteiger partial charge in [-0.1, -0.05) is 45.4 Å². The smallest absolute Gasteiger partial charge is 0.262 e. The monoisotopic (exact) mass is 763 g/mol. The Bertz CT molecular complexity index is 2170. The number of rotatable bonds is 7. The van der Waals surface area contributed by atoms with E-state index in [0.29, 0.717) is 22.0 Å². The number of carbonyl (C=O) groups excluding carboxylic acids is 5. The molecule has 3 aromatic rings. The van der Waals surface area contributed by atoms with E-state index in [2.05, 4.69) is 58.0 Å². The molecule has 3 saturated heterocycles. The number of hydrogen-bond donors (Lipinski definition) is 2. The maximum Gasteiger partial charge on any atom is 0.262 e. The van der Waals surface area contributed by atoms with Crippen LogP contribution in [0.2, 0.25) is 5.02 Å². The molecule has 0 bridgehead atoms. The molecular weight excluding hydrogens is 722 g/mol. The van der Waals surface area contributed by atoms with Gasteiger partial charge in [0.15, 0.2) is 0 Å². The van der Waals surface area contributed by atoms with Gasteiger partial charge in [-0.2, -0.15) is 0 Å². The number of amides is 5. The number of imide groups is 2. The lowest BCUT2D eigenvalue weighted by molar-refractivity contribution is -0.164. The number of halogens is 1. The standard InChI is InChI=1S/C41H42ClN7O6/c1-39(2)37(40(3,4)38(39)55-25-8-10-29(43-5)28(42)19-25)46-33(51)23-6-12-31(44-20-23)47-16-14-41(15-17-47)21-48(22-41)24-7-9-26-27(18-24)36(54)49(35(26)53)30-11-13-32(50)45-34(30)52/h6-10,12,18-20,30,37-38H,11,13-17,21-22H2,1-4H3,(H,46,51)(H,45,50,52). The summed E-state index contributed by atoms with van der Waals surface area (Å²) in [6, 6.07) is 12.9. The van der Waals surface area contributed by atoms with Gasteiger partial charge in [0.2, 0.25) is 17.5 Å². The molecule has 8 rings (SSSR count). The summed E-state index contributed by atoms with van der Waals surface area (Å²) < 4.78 is 6.37. The second kappa shape index (κ2) is 13.1. The van der Waals surface area contributed by atoms with Gasteiger partial charge in [-0.05, 0) is 61.7 Å². The van der Waals surface area contributed by atoms with E-state index in [1.54, 1.807) is 36.5 Å². The highest BCUT2D eigenvalue weighted by molar-refractivity contribution is 6.33. The number of nitrogens with zero attached hydrogens (tertiary/aromatic N) is 5. The lowest BCUT2D eigenvalue weighted by atomic mass is 9.49. The van der Waals surface area contributed by atoms with Gasteiger partial charge in [-0.15, -0.1) is 0 Å². The van der Waals surface area contributed by atoms with E-state index in [1.807, 2.05) is 18.2 Å². The first-order chi connectivity index (χ1) is 26.1. The summed E-state index contributed by atoms with van der Waals surface area (Å²) in [4.78, 5) is 77.5. The first-order valence-corrected chi connectivity index (χ1v) is 19.0. The van der Waals surface area contributed by atoms with Crippen molar-refractivity contribution in [2.45, 2.75) is 71.6 Å². The summed E-state index contributed by atoms with van der Waals surface area (Å²) in [7, 11) is 0. The SMILES string of the molecule is [C-]#[N+]c1ccc(OC2C(C)(C)C(NC(=O)c3ccc(N4CCC5(CC4)CN(c4ccc6c(c4)C(=O)N(C4CCC(=O)NC4=O)C6=O)C5)nc3)C2(C)C)cc1Cl. The molecule has 1 aliphatic carbocycles. The van der Waals surface area contributed by atoms with E-state index < -0.39 is 29.7 Å². The first kappa shape index (κ1) is 36.5. The number of fused-ring (bicyclic) bond motifs is 1. The van der Waals surface area contributed by atoms with Crippen molar-refractivity contribution in [1.82, 2.24) is 20.5 Å². The summed E-state index contributed by atoms with van der Waals surface area (Å²) >= 11 is 6.25. The van der Waals surface area contributed by atoms with Gasteiger partial charge >= 0.3 is 0 Å². The lowest BCUT2D eigenvalue weighted by Crippen LogP contribution is -2.74. The van der Waals surface area contributed by atoms with Gasteiger partial charge in [0.1, 0.15) is 23.7 Å². The molecular formula is C41H42ClN7O6. The topological polar surface area (TPSA) is 146 Å². The van der Waals surface area contributed by atoms with E-state index in [1.165, 1.54) is 0 Å². The van der Waals surface area contributed by atoms with Crippen molar-refractivity contribution in [2.24, 2.45) is 16.2 Å². The molecule has 2 aromatic carbocycles. The minimum absolute atomic E-state index is 0.0807. The number of hydrogen-bond acceptors (Lipinski definition) is 9. The number of nitrogens with one attached hydrogen (secondary N) is 2. The molecule has 14 heteroatoms. The Hall–Kier alpha value is -5.48. The van der Waals surface area contributed by atoms with E-state index in [-0.39, 0.29) is 58.3 Å². The summed E-state index contributed by atoms with van der Waals surface area (Å²) in [5.74, 6) is -0.810. The van der Waals surface area contributed by atoms with Gasteiger partial charge in [0, 0.05) is 66.8 Å². The third-order valence-electron chi connectivity index (χ3n) is 12.4. The Morgan fingerprint density at radius 1 is 0.945 bits per heavy atom. The second-order valence-corrected chi connectivity index (χ2v) is 17.1. The van der Waals surface area contributed by atoms with Gasteiger partial charge in [-0.3, -0.25) is 34.2 Å². The molecule has 5 heterocycles. The van der Waals surface area contributed by atoms with Crippen molar-refractivity contribution in [1.29, 1.82) is 0 Å². The lowest BCUT2D eigenvalue weighted by Gasteiger charge is -2.63. The van der Waals surface area contributed by atoms with Gasteiger partial charge < -0.3 is 19.9 Å². The Balaban J connectivity index is 0.841. The summed E-state index contributed by atoms with van der Waals surface area (Å²) in [5, 5.41) is 5.81. The van der Waals surface area contributed by atoms with Crippen LogP contribution in [0.4, 0.5) is 17.2 Å². The Kier molecular flexibility index (Phi) is 8.68. The van der Waals surface area contributed by atoms with Crippen LogP contribution in [-0.4, -0.2) is 83.8 Å². The van der Waals surface area contributed by atoms with Crippen molar-refractivity contribution in [3.8, 4) is 5.75 Å². The predicted molar refractivity (Wildman–Crippen MR) is 204 cm³/mol. The quantitative estimate of drug-likeness (QED) is 0.239. The van der Waals surface area contributed by atoms with Crippen LogP contribution < -0.4 is 25.2 Å². The van der Waals surface area contributed by atoms with Crippen molar-refractivity contribution in [2.75, 3.05) is 36.0 Å². The number of aromatic nitrogens is 1. The van der Waals surface area contributed by atoms with Crippen LogP contribution in [0.5, 0.6) is 5.75 Å². The van der Waals surface area contributed by atoms with Gasteiger partial charge in [0.25, 0.3) is 17.7 Å². The van der Waals surface area contributed by atoms with Crippen LogP contribution in [0, 0.1) is 22.8 Å². The van der Waals surface area contributed by atoms with Crippen LogP contribution in [0.25, 0.3) is 4.85 Å². The molecule has 55 heavy (non-hydrogen) atoms. The maximum atomic E-state index is 13.5. The van der Waals surface area contributed by atoms with E-state index in [9.17, 15) is 24.0 Å². The van der Waals surface area contributed by atoms with E-state index in [4.69, 9.17) is 22.9 Å². The van der Waals surface area contributed by atoms with Gasteiger partial charge in [0.05, 0.1) is 28.3 Å². The molecule has 4 aliphatic heterocycles. The molecule has 1 spiro atoms. The molecule has 1 aromatic heterocycles. The minimum Gasteiger partial charge on any atom is -0.489 e. The third-order valence-corrected chi connectivity index (χ3v) is 12.7. The summed E-state index contributed by atoms with van der Waals surface area (Å²) in [6.45, 7) is 18.8. The van der Waals surface area contributed by atoms with Crippen molar-refractivity contribution in [3.63, 3.8) is 0 Å². The van der Waals surface area contributed by atoms with Crippen LogP contribution in [-0.2, 0) is 9.59 Å². The zero-order chi connectivity index (χ0) is 39.0. The Labute approximate surface area is 324 Å². The average molecular weight is 764 g/mol. The normalized spacial score (nSPS) is 24.7. The van der Waals surface area contributed by atoms with Crippen molar-refractivity contribution >= 4 is 58.3 Å². The summed E-state index contributed by atoms with van der Waals surface area (Å²) in [5.41, 5.74) is 1.66.